The van der Waals surface area contributed by atoms with Gasteiger partial charge in [-0.3, -0.25) is 4.79 Å². The van der Waals surface area contributed by atoms with E-state index in [1.54, 1.807) is 7.11 Å². The quantitative estimate of drug-likeness (QED) is 0.566. The summed E-state index contributed by atoms with van der Waals surface area (Å²) in [7, 11) is 1.59. The average molecular weight is 217 g/mol. The van der Waals surface area contributed by atoms with E-state index in [0.29, 0.717) is 25.7 Å². The monoisotopic (exact) mass is 217 g/mol. The molecule has 5 heteroatoms. The van der Waals surface area contributed by atoms with E-state index >= 15 is 0 Å². The first-order chi connectivity index (χ1) is 7.22. The predicted molar refractivity (Wildman–Crippen MR) is 54.4 cm³/mol. The van der Waals surface area contributed by atoms with Crippen molar-refractivity contribution in [2.45, 2.75) is 18.9 Å². The largest absolute Gasteiger partial charge is 0.393 e. The summed E-state index contributed by atoms with van der Waals surface area (Å²) in [6.45, 7) is 1.66. The molecule has 0 spiro atoms. The fourth-order valence-corrected chi connectivity index (χ4v) is 1.48. The number of nitrogens with one attached hydrogen (secondary N) is 1. The van der Waals surface area contributed by atoms with Crippen molar-refractivity contribution in [2.75, 3.05) is 33.5 Å². The zero-order chi connectivity index (χ0) is 11.1. The number of carbonyl (C=O) groups excluding carboxylic acids is 1. The lowest BCUT2D eigenvalue weighted by atomic mass is 9.82. The minimum absolute atomic E-state index is 0.0820. The van der Waals surface area contributed by atoms with E-state index < -0.39 is 0 Å². The second kappa shape index (κ2) is 6.76. The molecule has 0 radical (unpaired) electrons. The molecule has 1 aliphatic carbocycles. The van der Waals surface area contributed by atoms with Crippen molar-refractivity contribution in [3.63, 3.8) is 0 Å². The summed E-state index contributed by atoms with van der Waals surface area (Å²) in [4.78, 5) is 11.2. The molecule has 0 heterocycles. The van der Waals surface area contributed by atoms with Gasteiger partial charge in [-0.05, 0) is 18.8 Å². The number of ether oxygens (including phenoxy) is 2. The number of methoxy groups -OCH3 is 1. The molecule has 0 aliphatic heterocycles. The maximum Gasteiger partial charge on any atom is 0.246 e. The van der Waals surface area contributed by atoms with Gasteiger partial charge in [0.25, 0.3) is 0 Å². The van der Waals surface area contributed by atoms with Crippen LogP contribution < -0.4 is 5.32 Å². The standard InChI is InChI=1S/C10H19NO4/c1-14-2-3-15-7-10(13)11-6-8-4-9(12)5-8/h8-9,12H,2-7H2,1H3,(H,11,13). The molecular weight excluding hydrogens is 198 g/mol. The maximum absolute atomic E-state index is 11.2. The van der Waals surface area contributed by atoms with Crippen molar-refractivity contribution < 1.29 is 19.4 Å². The van der Waals surface area contributed by atoms with Crippen molar-refractivity contribution in [3.8, 4) is 0 Å². The van der Waals surface area contributed by atoms with Gasteiger partial charge in [0.2, 0.25) is 5.91 Å². The molecule has 88 valence electrons. The first kappa shape index (κ1) is 12.4. The molecule has 1 fully saturated rings. The van der Waals surface area contributed by atoms with Gasteiger partial charge < -0.3 is 19.9 Å². The molecule has 1 amide bonds. The molecular formula is C10H19NO4. The minimum Gasteiger partial charge on any atom is -0.393 e. The number of aliphatic hydroxyl groups is 1. The molecule has 0 atom stereocenters. The number of carbonyl (C=O) groups is 1. The second-order valence-corrected chi connectivity index (χ2v) is 3.84. The van der Waals surface area contributed by atoms with E-state index in [9.17, 15) is 4.79 Å². The third-order valence-corrected chi connectivity index (χ3v) is 2.46. The predicted octanol–water partition coefficient (Wildman–Crippen LogP) is -0.463. The van der Waals surface area contributed by atoms with Gasteiger partial charge in [-0.15, -0.1) is 0 Å². The summed E-state index contributed by atoms with van der Waals surface area (Å²) in [6.07, 6.45) is 1.43. The third kappa shape index (κ3) is 5.11. The molecule has 0 aromatic carbocycles. The molecule has 0 saturated heterocycles. The zero-order valence-electron chi connectivity index (χ0n) is 9.07. The molecule has 0 aromatic heterocycles. The van der Waals surface area contributed by atoms with Crippen LogP contribution in [0.2, 0.25) is 0 Å². The Morgan fingerprint density at radius 2 is 2.20 bits per heavy atom. The van der Waals surface area contributed by atoms with Crippen molar-refractivity contribution in [1.29, 1.82) is 0 Å². The van der Waals surface area contributed by atoms with Crippen molar-refractivity contribution in [1.82, 2.24) is 5.32 Å². The summed E-state index contributed by atoms with van der Waals surface area (Å²) in [6, 6.07) is 0. The van der Waals surface area contributed by atoms with E-state index in [0.717, 1.165) is 12.8 Å². The third-order valence-electron chi connectivity index (χ3n) is 2.46. The number of aliphatic hydroxyl groups excluding tert-OH is 1. The van der Waals surface area contributed by atoms with Crippen LogP contribution in [0.4, 0.5) is 0 Å². The summed E-state index contributed by atoms with van der Waals surface area (Å²) >= 11 is 0. The molecule has 2 N–H and O–H groups in total. The molecule has 15 heavy (non-hydrogen) atoms. The molecule has 1 aliphatic rings. The highest BCUT2D eigenvalue weighted by Crippen LogP contribution is 2.25. The molecule has 5 nitrogen and oxygen atoms in total. The number of amides is 1. The molecule has 1 rings (SSSR count). The van der Waals surface area contributed by atoms with Gasteiger partial charge in [0.05, 0.1) is 19.3 Å². The molecule has 1 saturated carbocycles. The van der Waals surface area contributed by atoms with E-state index in [1.807, 2.05) is 0 Å². The summed E-state index contributed by atoms with van der Waals surface area (Å²) in [5.41, 5.74) is 0. The van der Waals surface area contributed by atoms with Gasteiger partial charge in [0, 0.05) is 13.7 Å². The van der Waals surface area contributed by atoms with Crippen LogP contribution in [0, 0.1) is 5.92 Å². The van der Waals surface area contributed by atoms with Gasteiger partial charge in [-0.25, -0.2) is 0 Å². The lowest BCUT2D eigenvalue weighted by molar-refractivity contribution is -0.126. The van der Waals surface area contributed by atoms with Crippen molar-refractivity contribution in [2.24, 2.45) is 5.92 Å². The van der Waals surface area contributed by atoms with Crippen LogP contribution in [-0.4, -0.2) is 50.6 Å². The Balaban J connectivity index is 1.90. The highest BCUT2D eigenvalue weighted by molar-refractivity contribution is 5.77. The van der Waals surface area contributed by atoms with Crippen LogP contribution in [0.5, 0.6) is 0 Å². The highest BCUT2D eigenvalue weighted by atomic mass is 16.5. The maximum atomic E-state index is 11.2. The minimum atomic E-state index is -0.162. The normalized spacial score (nSPS) is 24.7. The Morgan fingerprint density at radius 1 is 1.47 bits per heavy atom. The fourth-order valence-electron chi connectivity index (χ4n) is 1.48. The Morgan fingerprint density at radius 3 is 2.80 bits per heavy atom. The summed E-state index contributed by atoms with van der Waals surface area (Å²) in [5.74, 6) is 0.329. The van der Waals surface area contributed by atoms with Gasteiger partial charge in [0.15, 0.2) is 0 Å². The number of hydrogen-bond donors (Lipinski definition) is 2. The number of hydrogen-bond acceptors (Lipinski definition) is 4. The summed E-state index contributed by atoms with van der Waals surface area (Å²) < 4.78 is 9.83. The van der Waals surface area contributed by atoms with E-state index in [-0.39, 0.29) is 18.6 Å². The fraction of sp³-hybridized carbons (Fsp3) is 0.900. The summed E-state index contributed by atoms with van der Waals surface area (Å²) in [5, 5.41) is 11.8. The van der Waals surface area contributed by atoms with Gasteiger partial charge >= 0.3 is 0 Å². The Labute approximate surface area is 89.8 Å². The topological polar surface area (TPSA) is 67.8 Å². The molecule has 0 unspecified atom stereocenters. The van der Waals surface area contributed by atoms with Crippen LogP contribution >= 0.6 is 0 Å². The smallest absolute Gasteiger partial charge is 0.246 e. The Kier molecular flexibility index (Phi) is 5.60. The van der Waals surface area contributed by atoms with Crippen LogP contribution in [-0.2, 0) is 14.3 Å². The number of rotatable bonds is 7. The van der Waals surface area contributed by atoms with Crippen LogP contribution in [0.1, 0.15) is 12.8 Å². The van der Waals surface area contributed by atoms with Crippen LogP contribution in [0.15, 0.2) is 0 Å². The molecule has 0 bridgehead atoms. The van der Waals surface area contributed by atoms with Gasteiger partial charge in [-0.1, -0.05) is 0 Å². The SMILES string of the molecule is COCCOCC(=O)NCC1CC(O)C1. The van der Waals surface area contributed by atoms with Crippen molar-refractivity contribution >= 4 is 5.91 Å². The highest BCUT2D eigenvalue weighted by Gasteiger charge is 2.26. The van der Waals surface area contributed by atoms with E-state index in [1.165, 1.54) is 0 Å². The Hall–Kier alpha value is -0.650. The Bertz CT molecular complexity index is 192. The van der Waals surface area contributed by atoms with Crippen molar-refractivity contribution in [3.05, 3.63) is 0 Å². The zero-order valence-corrected chi connectivity index (χ0v) is 9.07. The second-order valence-electron chi connectivity index (χ2n) is 3.84. The molecule has 0 aromatic rings. The van der Waals surface area contributed by atoms with Crippen LogP contribution in [0.3, 0.4) is 0 Å². The van der Waals surface area contributed by atoms with Crippen LogP contribution in [0.25, 0.3) is 0 Å². The van der Waals surface area contributed by atoms with Gasteiger partial charge in [-0.2, -0.15) is 0 Å². The van der Waals surface area contributed by atoms with E-state index in [2.05, 4.69) is 5.32 Å². The van der Waals surface area contributed by atoms with E-state index in [4.69, 9.17) is 14.6 Å². The lowest BCUT2D eigenvalue weighted by Gasteiger charge is -2.31. The first-order valence-electron chi connectivity index (χ1n) is 5.23. The lowest BCUT2D eigenvalue weighted by Crippen LogP contribution is -2.39. The first-order valence-corrected chi connectivity index (χ1v) is 5.23. The van der Waals surface area contributed by atoms with Gasteiger partial charge in [0.1, 0.15) is 6.61 Å². The average Bonchev–Trinajstić information content (AvgIpc) is 2.18.